The van der Waals surface area contributed by atoms with Crippen LogP contribution >= 0.6 is 11.5 Å². The molecule has 0 aliphatic rings. The predicted octanol–water partition coefficient (Wildman–Crippen LogP) is 2.61. The number of hydrogen-bond acceptors (Lipinski definition) is 6. The number of hydrogen-bond donors (Lipinski definition) is 1. The van der Waals surface area contributed by atoms with Crippen LogP contribution in [-0.4, -0.2) is 21.9 Å². The van der Waals surface area contributed by atoms with E-state index in [1.54, 1.807) is 7.11 Å². The minimum Gasteiger partial charge on any atom is -0.496 e. The molecule has 1 aromatic heterocycles. The molecule has 2 aromatic rings. The Kier molecular flexibility index (Phi) is 3.23. The van der Waals surface area contributed by atoms with Gasteiger partial charge in [-0.1, -0.05) is 9.59 Å². The number of methoxy groups -OCH3 is 1. The monoisotopic (exact) mass is 250 g/mol. The maximum absolute atomic E-state index is 5.33. The van der Waals surface area contributed by atoms with Crippen LogP contribution in [0, 0.1) is 20.8 Å². The van der Waals surface area contributed by atoms with Gasteiger partial charge in [0.2, 0.25) is 5.13 Å². The summed E-state index contributed by atoms with van der Waals surface area (Å²) in [7, 11) is 1.68. The third-order valence-electron chi connectivity index (χ3n) is 2.80. The van der Waals surface area contributed by atoms with Gasteiger partial charge in [-0.15, -0.1) is 0 Å². The van der Waals surface area contributed by atoms with Gasteiger partial charge >= 0.3 is 0 Å². The summed E-state index contributed by atoms with van der Waals surface area (Å²) in [5.41, 5.74) is 4.43. The summed E-state index contributed by atoms with van der Waals surface area (Å²) in [4.78, 5) is 0. The predicted molar refractivity (Wildman–Crippen MR) is 68.2 cm³/mol. The van der Waals surface area contributed by atoms with Crippen molar-refractivity contribution in [2.75, 3.05) is 12.4 Å². The lowest BCUT2D eigenvalue weighted by Crippen LogP contribution is -2.00. The van der Waals surface area contributed by atoms with Gasteiger partial charge in [0.15, 0.2) is 0 Å². The van der Waals surface area contributed by atoms with Gasteiger partial charge in [-0.25, -0.2) is 0 Å². The normalized spacial score (nSPS) is 10.4. The van der Waals surface area contributed by atoms with Crippen LogP contribution in [0.2, 0.25) is 0 Å². The van der Waals surface area contributed by atoms with E-state index in [-0.39, 0.29) is 0 Å². The van der Waals surface area contributed by atoms with E-state index in [1.165, 1.54) is 11.5 Å². The van der Waals surface area contributed by atoms with Gasteiger partial charge in [0.25, 0.3) is 0 Å². The average molecular weight is 250 g/mol. The van der Waals surface area contributed by atoms with E-state index in [0.717, 1.165) is 28.1 Å². The van der Waals surface area contributed by atoms with E-state index >= 15 is 0 Å². The Morgan fingerprint density at radius 2 is 2.00 bits per heavy atom. The van der Waals surface area contributed by atoms with Crippen molar-refractivity contribution in [3.05, 3.63) is 22.8 Å². The Labute approximate surface area is 104 Å². The second-order valence-corrected chi connectivity index (χ2v) is 4.55. The van der Waals surface area contributed by atoms with Gasteiger partial charge in [0.05, 0.1) is 7.11 Å². The molecule has 0 radical (unpaired) electrons. The van der Waals surface area contributed by atoms with Crippen molar-refractivity contribution in [3.63, 3.8) is 0 Å². The van der Waals surface area contributed by atoms with Crippen molar-refractivity contribution in [3.8, 4) is 5.75 Å². The molecule has 2 rings (SSSR count). The van der Waals surface area contributed by atoms with E-state index in [4.69, 9.17) is 4.74 Å². The molecule has 1 heterocycles. The van der Waals surface area contributed by atoms with Crippen molar-refractivity contribution >= 4 is 22.4 Å². The Hall–Kier alpha value is -1.69. The number of nitrogens with one attached hydrogen (secondary N) is 1. The standard InChI is InChI=1S/C11H14N4OS/c1-6-5-9(16-4)7(2)8(3)10(6)12-11-13-14-15-17-11/h5H,1-4H3,(H,12,13,15). The maximum Gasteiger partial charge on any atom is 0.229 e. The smallest absolute Gasteiger partial charge is 0.229 e. The molecule has 5 nitrogen and oxygen atoms in total. The Morgan fingerprint density at radius 3 is 2.59 bits per heavy atom. The molecule has 1 aromatic carbocycles. The van der Waals surface area contributed by atoms with Crippen LogP contribution in [0.15, 0.2) is 6.07 Å². The Balaban J connectivity index is 2.44. The first-order valence-corrected chi connectivity index (χ1v) is 5.97. The van der Waals surface area contributed by atoms with Gasteiger partial charge in [0, 0.05) is 17.2 Å². The molecular formula is C11H14N4OS. The van der Waals surface area contributed by atoms with Crippen molar-refractivity contribution in [1.82, 2.24) is 14.8 Å². The molecule has 0 spiro atoms. The van der Waals surface area contributed by atoms with Gasteiger partial charge in [-0.2, -0.15) is 0 Å². The largest absolute Gasteiger partial charge is 0.496 e. The summed E-state index contributed by atoms with van der Waals surface area (Å²) in [5, 5.41) is 11.4. The zero-order valence-corrected chi connectivity index (χ0v) is 11.1. The molecule has 0 aliphatic carbocycles. The number of ether oxygens (including phenoxy) is 1. The molecule has 17 heavy (non-hydrogen) atoms. The highest BCUT2D eigenvalue weighted by Gasteiger charge is 2.11. The van der Waals surface area contributed by atoms with Crippen LogP contribution in [0.5, 0.6) is 5.75 Å². The number of benzene rings is 1. The highest BCUT2D eigenvalue weighted by atomic mass is 32.1. The summed E-state index contributed by atoms with van der Waals surface area (Å²) in [6, 6.07) is 2.01. The number of rotatable bonds is 3. The van der Waals surface area contributed by atoms with Crippen LogP contribution in [0.3, 0.4) is 0 Å². The zero-order valence-electron chi connectivity index (χ0n) is 10.2. The summed E-state index contributed by atoms with van der Waals surface area (Å²) >= 11 is 1.24. The highest BCUT2D eigenvalue weighted by Crippen LogP contribution is 2.32. The van der Waals surface area contributed by atoms with Gasteiger partial charge in [0.1, 0.15) is 5.75 Å². The minimum absolute atomic E-state index is 0.695. The summed E-state index contributed by atoms with van der Waals surface area (Å²) in [6.45, 7) is 6.13. The molecule has 0 saturated carbocycles. The molecular weight excluding hydrogens is 236 g/mol. The Morgan fingerprint density at radius 1 is 1.24 bits per heavy atom. The summed E-state index contributed by atoms with van der Waals surface area (Å²) in [6.07, 6.45) is 0. The first-order valence-electron chi connectivity index (χ1n) is 5.20. The number of aryl methyl sites for hydroxylation is 1. The first kappa shape index (κ1) is 11.8. The van der Waals surface area contributed by atoms with Crippen LogP contribution < -0.4 is 10.1 Å². The van der Waals surface area contributed by atoms with Crippen LogP contribution in [0.25, 0.3) is 0 Å². The quantitative estimate of drug-likeness (QED) is 0.907. The fourth-order valence-corrected chi connectivity index (χ4v) is 2.11. The lowest BCUT2D eigenvalue weighted by molar-refractivity contribution is 0.411. The zero-order chi connectivity index (χ0) is 12.4. The average Bonchev–Trinajstić information content (AvgIpc) is 2.82. The lowest BCUT2D eigenvalue weighted by atomic mass is 10.0. The summed E-state index contributed by atoms with van der Waals surface area (Å²) in [5.74, 6) is 0.904. The highest BCUT2D eigenvalue weighted by molar-refractivity contribution is 7.09. The van der Waals surface area contributed by atoms with Gasteiger partial charge < -0.3 is 10.1 Å². The van der Waals surface area contributed by atoms with Gasteiger partial charge in [-0.3, -0.25) is 0 Å². The molecule has 0 fully saturated rings. The number of anilines is 2. The van der Waals surface area contributed by atoms with E-state index in [0.29, 0.717) is 5.13 Å². The molecule has 0 bridgehead atoms. The Bertz CT molecular complexity index is 525. The van der Waals surface area contributed by atoms with Crippen molar-refractivity contribution in [2.24, 2.45) is 0 Å². The molecule has 0 atom stereocenters. The SMILES string of the molecule is COc1cc(C)c(Nc2nnns2)c(C)c1C. The summed E-state index contributed by atoms with van der Waals surface area (Å²) < 4.78 is 9.06. The van der Waals surface area contributed by atoms with E-state index in [2.05, 4.69) is 27.0 Å². The number of aromatic nitrogens is 3. The topological polar surface area (TPSA) is 59.9 Å². The molecule has 0 unspecified atom stereocenters. The molecule has 1 N–H and O–H groups in total. The number of nitrogens with zero attached hydrogens (tertiary/aromatic N) is 3. The van der Waals surface area contributed by atoms with Crippen LogP contribution in [0.4, 0.5) is 10.8 Å². The fraction of sp³-hybridized carbons (Fsp3) is 0.364. The van der Waals surface area contributed by atoms with Crippen LogP contribution in [0.1, 0.15) is 16.7 Å². The fourth-order valence-electron chi connectivity index (χ4n) is 1.74. The maximum atomic E-state index is 5.33. The second-order valence-electron chi connectivity index (χ2n) is 3.81. The van der Waals surface area contributed by atoms with Gasteiger partial charge in [-0.05, 0) is 48.7 Å². The van der Waals surface area contributed by atoms with Crippen LogP contribution in [-0.2, 0) is 0 Å². The minimum atomic E-state index is 0.695. The molecule has 0 saturated heterocycles. The molecule has 6 heteroatoms. The molecule has 0 amide bonds. The van der Waals surface area contributed by atoms with E-state index in [9.17, 15) is 0 Å². The second kappa shape index (κ2) is 4.67. The first-order chi connectivity index (χ1) is 8.13. The molecule has 90 valence electrons. The third kappa shape index (κ3) is 2.21. The van der Waals surface area contributed by atoms with Crippen molar-refractivity contribution < 1.29 is 4.74 Å². The van der Waals surface area contributed by atoms with E-state index < -0.39 is 0 Å². The van der Waals surface area contributed by atoms with E-state index in [1.807, 2.05) is 19.9 Å². The van der Waals surface area contributed by atoms with Crippen molar-refractivity contribution in [2.45, 2.75) is 20.8 Å². The molecule has 0 aliphatic heterocycles. The van der Waals surface area contributed by atoms with Crippen molar-refractivity contribution in [1.29, 1.82) is 0 Å². The lowest BCUT2D eigenvalue weighted by Gasteiger charge is -2.15. The third-order valence-corrected chi connectivity index (χ3v) is 3.31.